The first-order valence-corrected chi connectivity index (χ1v) is 6.78. The van der Waals surface area contributed by atoms with Crippen LogP contribution in [-0.2, 0) is 4.74 Å². The zero-order valence-corrected chi connectivity index (χ0v) is 12.7. The van der Waals surface area contributed by atoms with Crippen LogP contribution in [0.1, 0.15) is 38.8 Å². The van der Waals surface area contributed by atoms with Crippen molar-refractivity contribution >= 4 is 15.9 Å². The molecule has 0 saturated heterocycles. The molecule has 1 aromatic carbocycles. The molecule has 0 saturated carbocycles. The Bertz CT molecular complexity index is 352. The molecule has 0 amide bonds. The van der Waals surface area contributed by atoms with Crippen molar-refractivity contribution in [2.24, 2.45) is 0 Å². The molecule has 0 unspecified atom stereocenters. The summed E-state index contributed by atoms with van der Waals surface area (Å²) in [5.74, 6) is 0. The van der Waals surface area contributed by atoms with Gasteiger partial charge in [-0.25, -0.2) is 0 Å². The quantitative estimate of drug-likeness (QED) is 0.860. The number of hydrogen-bond donors (Lipinski definition) is 1. The average Bonchev–Trinajstić information content (AvgIpc) is 2.29. The lowest BCUT2D eigenvalue weighted by Gasteiger charge is -2.24. The highest BCUT2D eigenvalue weighted by Crippen LogP contribution is 2.23. The Morgan fingerprint density at radius 3 is 2.59 bits per heavy atom. The molecule has 1 rings (SSSR count). The van der Waals surface area contributed by atoms with Crippen LogP contribution in [0.2, 0.25) is 0 Å². The van der Waals surface area contributed by atoms with E-state index in [4.69, 9.17) is 4.74 Å². The molecule has 1 N–H and O–H groups in total. The Kier molecular flexibility index (Phi) is 5.63. The summed E-state index contributed by atoms with van der Waals surface area (Å²) in [6.45, 7) is 7.35. The third kappa shape index (κ3) is 4.78. The maximum Gasteiger partial charge on any atom is 0.0634 e. The van der Waals surface area contributed by atoms with Gasteiger partial charge in [0.15, 0.2) is 0 Å². The van der Waals surface area contributed by atoms with Gasteiger partial charge in [-0.15, -0.1) is 0 Å². The van der Waals surface area contributed by atoms with Gasteiger partial charge in [-0.3, -0.25) is 0 Å². The van der Waals surface area contributed by atoms with Crippen molar-refractivity contribution in [3.8, 4) is 0 Å². The van der Waals surface area contributed by atoms with Gasteiger partial charge in [0.05, 0.1) is 5.60 Å². The zero-order chi connectivity index (χ0) is 12.9. The SMILES string of the molecule is COC(C)(C)CCN[C@@H](C)c1ccccc1Br. The minimum atomic E-state index is -0.0549. The highest BCUT2D eigenvalue weighted by atomic mass is 79.9. The summed E-state index contributed by atoms with van der Waals surface area (Å²) in [5.41, 5.74) is 1.24. The van der Waals surface area contributed by atoms with E-state index < -0.39 is 0 Å². The second kappa shape index (κ2) is 6.53. The number of benzene rings is 1. The number of nitrogens with one attached hydrogen (secondary N) is 1. The molecule has 0 spiro atoms. The highest BCUT2D eigenvalue weighted by molar-refractivity contribution is 9.10. The first-order chi connectivity index (χ1) is 7.96. The first-order valence-electron chi connectivity index (χ1n) is 5.99. The van der Waals surface area contributed by atoms with Crippen LogP contribution in [0.4, 0.5) is 0 Å². The number of hydrogen-bond acceptors (Lipinski definition) is 2. The third-order valence-electron chi connectivity index (χ3n) is 3.10. The largest absolute Gasteiger partial charge is 0.379 e. The minimum Gasteiger partial charge on any atom is -0.379 e. The second-order valence-corrected chi connectivity index (χ2v) is 5.77. The molecule has 0 aromatic heterocycles. The number of halogens is 1. The van der Waals surface area contributed by atoms with Gasteiger partial charge in [0.25, 0.3) is 0 Å². The van der Waals surface area contributed by atoms with Crippen LogP contribution >= 0.6 is 15.9 Å². The van der Waals surface area contributed by atoms with Gasteiger partial charge in [0.1, 0.15) is 0 Å². The van der Waals surface area contributed by atoms with Crippen LogP contribution in [0.25, 0.3) is 0 Å². The zero-order valence-electron chi connectivity index (χ0n) is 11.1. The van der Waals surface area contributed by atoms with E-state index in [1.54, 1.807) is 7.11 Å². The molecule has 0 radical (unpaired) electrons. The second-order valence-electron chi connectivity index (χ2n) is 4.91. The number of ether oxygens (including phenoxy) is 1. The van der Waals surface area contributed by atoms with E-state index in [9.17, 15) is 0 Å². The van der Waals surface area contributed by atoms with E-state index in [-0.39, 0.29) is 5.60 Å². The topological polar surface area (TPSA) is 21.3 Å². The molecule has 96 valence electrons. The summed E-state index contributed by atoms with van der Waals surface area (Å²) >= 11 is 3.58. The Hall–Kier alpha value is -0.380. The molecular formula is C14H22BrNO. The van der Waals surface area contributed by atoms with Gasteiger partial charge in [-0.2, -0.15) is 0 Å². The van der Waals surface area contributed by atoms with Crippen molar-refractivity contribution in [2.75, 3.05) is 13.7 Å². The summed E-state index contributed by atoms with van der Waals surface area (Å²) in [6.07, 6.45) is 0.998. The van der Waals surface area contributed by atoms with E-state index in [1.165, 1.54) is 5.56 Å². The predicted molar refractivity (Wildman–Crippen MR) is 76.3 cm³/mol. The van der Waals surface area contributed by atoms with Crippen molar-refractivity contribution < 1.29 is 4.74 Å². The Morgan fingerprint density at radius 1 is 1.35 bits per heavy atom. The van der Waals surface area contributed by atoms with Crippen molar-refractivity contribution in [1.82, 2.24) is 5.32 Å². The van der Waals surface area contributed by atoms with Crippen LogP contribution in [0.15, 0.2) is 28.7 Å². The average molecular weight is 300 g/mol. The molecule has 1 atom stereocenters. The number of methoxy groups -OCH3 is 1. The van der Waals surface area contributed by atoms with Gasteiger partial charge < -0.3 is 10.1 Å². The van der Waals surface area contributed by atoms with Crippen molar-refractivity contribution in [3.05, 3.63) is 34.3 Å². The molecule has 0 aliphatic carbocycles. The molecule has 0 bridgehead atoms. The van der Waals surface area contributed by atoms with E-state index >= 15 is 0 Å². The van der Waals surface area contributed by atoms with Gasteiger partial charge >= 0.3 is 0 Å². The lowest BCUT2D eigenvalue weighted by Crippen LogP contribution is -2.30. The summed E-state index contributed by atoms with van der Waals surface area (Å²) in [5, 5.41) is 3.52. The van der Waals surface area contributed by atoms with Crippen molar-refractivity contribution in [2.45, 2.75) is 38.8 Å². The molecule has 17 heavy (non-hydrogen) atoms. The molecule has 2 nitrogen and oxygen atoms in total. The van der Waals surface area contributed by atoms with Gasteiger partial charge in [0, 0.05) is 17.6 Å². The lowest BCUT2D eigenvalue weighted by molar-refractivity contribution is 0.0154. The lowest BCUT2D eigenvalue weighted by atomic mass is 10.0. The standard InChI is InChI=1S/C14H22BrNO/c1-11(12-7-5-6-8-13(12)15)16-10-9-14(2,3)17-4/h5-8,11,16H,9-10H2,1-4H3/t11-/m0/s1. The van der Waals surface area contributed by atoms with Crippen molar-refractivity contribution in [1.29, 1.82) is 0 Å². The first kappa shape index (κ1) is 14.7. The fraction of sp³-hybridized carbons (Fsp3) is 0.571. The molecule has 3 heteroatoms. The minimum absolute atomic E-state index is 0.0549. The van der Waals surface area contributed by atoms with Gasteiger partial charge in [-0.1, -0.05) is 34.1 Å². The molecule has 0 heterocycles. The number of rotatable bonds is 6. The summed E-state index contributed by atoms with van der Waals surface area (Å²) in [7, 11) is 1.76. The Balaban J connectivity index is 2.46. The van der Waals surface area contributed by atoms with Gasteiger partial charge in [0.2, 0.25) is 0 Å². The van der Waals surface area contributed by atoms with Crippen LogP contribution in [0.3, 0.4) is 0 Å². The maximum absolute atomic E-state index is 5.40. The van der Waals surface area contributed by atoms with E-state index in [2.05, 4.69) is 60.2 Å². The fourth-order valence-corrected chi connectivity index (χ4v) is 2.26. The molecular weight excluding hydrogens is 278 g/mol. The smallest absolute Gasteiger partial charge is 0.0634 e. The molecule has 1 aromatic rings. The van der Waals surface area contributed by atoms with Crippen LogP contribution in [-0.4, -0.2) is 19.3 Å². The van der Waals surface area contributed by atoms with Crippen molar-refractivity contribution in [3.63, 3.8) is 0 Å². The van der Waals surface area contributed by atoms with E-state index in [0.717, 1.165) is 17.4 Å². The molecule has 0 aliphatic heterocycles. The van der Waals surface area contributed by atoms with E-state index in [0.29, 0.717) is 6.04 Å². The highest BCUT2D eigenvalue weighted by Gasteiger charge is 2.16. The van der Waals surface area contributed by atoms with Crippen LogP contribution in [0.5, 0.6) is 0 Å². The maximum atomic E-state index is 5.40. The monoisotopic (exact) mass is 299 g/mol. The fourth-order valence-electron chi connectivity index (χ4n) is 1.63. The van der Waals surface area contributed by atoms with Crippen LogP contribution in [0, 0.1) is 0 Å². The van der Waals surface area contributed by atoms with Gasteiger partial charge in [-0.05, 0) is 45.4 Å². The molecule has 0 fully saturated rings. The summed E-state index contributed by atoms with van der Waals surface area (Å²) in [4.78, 5) is 0. The molecule has 0 aliphatic rings. The Labute approximate surface area is 113 Å². The summed E-state index contributed by atoms with van der Waals surface area (Å²) in [6, 6.07) is 8.67. The Morgan fingerprint density at radius 2 is 2.00 bits per heavy atom. The normalized spacial score (nSPS) is 13.7. The van der Waals surface area contributed by atoms with Crippen LogP contribution < -0.4 is 5.32 Å². The van der Waals surface area contributed by atoms with E-state index in [1.807, 2.05) is 6.07 Å². The predicted octanol–water partition coefficient (Wildman–Crippen LogP) is 3.91. The summed E-state index contributed by atoms with van der Waals surface area (Å²) < 4.78 is 6.56. The third-order valence-corrected chi connectivity index (χ3v) is 3.82.